The van der Waals surface area contributed by atoms with Crippen LogP contribution in [-0.2, 0) is 6.42 Å². The molecule has 92 valence electrons. The SMILES string of the molecule is O=C(Cc1cccc(Cl)c1Cl)c1ccc(Cl)cc1. The van der Waals surface area contributed by atoms with Gasteiger partial charge in [-0.3, -0.25) is 4.79 Å². The number of Topliss-reactive ketones (excluding diaryl/α,β-unsaturated/α-hetero) is 1. The highest BCUT2D eigenvalue weighted by Gasteiger charge is 2.11. The first-order valence-corrected chi connectivity index (χ1v) is 6.43. The van der Waals surface area contributed by atoms with Crippen molar-refractivity contribution in [2.75, 3.05) is 0 Å². The summed E-state index contributed by atoms with van der Waals surface area (Å²) >= 11 is 17.7. The first-order valence-electron chi connectivity index (χ1n) is 5.29. The third-order valence-electron chi connectivity index (χ3n) is 2.55. The number of carbonyl (C=O) groups excluding carboxylic acids is 1. The number of hydrogen-bond donors (Lipinski definition) is 0. The van der Waals surface area contributed by atoms with Gasteiger partial charge in [0.05, 0.1) is 10.0 Å². The van der Waals surface area contributed by atoms with E-state index in [1.54, 1.807) is 42.5 Å². The first-order chi connectivity index (χ1) is 8.58. The van der Waals surface area contributed by atoms with E-state index in [1.807, 2.05) is 0 Å². The van der Waals surface area contributed by atoms with E-state index < -0.39 is 0 Å². The maximum Gasteiger partial charge on any atom is 0.167 e. The van der Waals surface area contributed by atoms with E-state index in [0.717, 1.165) is 5.56 Å². The van der Waals surface area contributed by atoms with Crippen LogP contribution in [0.5, 0.6) is 0 Å². The lowest BCUT2D eigenvalue weighted by Gasteiger charge is -2.05. The van der Waals surface area contributed by atoms with Crippen molar-refractivity contribution in [2.24, 2.45) is 0 Å². The fraction of sp³-hybridized carbons (Fsp3) is 0.0714. The Morgan fingerprint density at radius 2 is 1.61 bits per heavy atom. The standard InChI is InChI=1S/C14H9Cl3O/c15-11-6-4-9(5-7-11)13(18)8-10-2-1-3-12(16)14(10)17/h1-7H,8H2. The lowest BCUT2D eigenvalue weighted by molar-refractivity contribution is 0.0993. The number of rotatable bonds is 3. The number of carbonyl (C=O) groups is 1. The van der Waals surface area contributed by atoms with Gasteiger partial charge < -0.3 is 0 Å². The van der Waals surface area contributed by atoms with E-state index >= 15 is 0 Å². The Balaban J connectivity index is 2.21. The molecule has 0 aliphatic rings. The van der Waals surface area contributed by atoms with Gasteiger partial charge in [0, 0.05) is 17.0 Å². The van der Waals surface area contributed by atoms with Gasteiger partial charge in [0.25, 0.3) is 0 Å². The molecule has 0 unspecified atom stereocenters. The van der Waals surface area contributed by atoms with E-state index in [1.165, 1.54) is 0 Å². The molecule has 0 radical (unpaired) electrons. The van der Waals surface area contributed by atoms with Gasteiger partial charge in [-0.1, -0.05) is 46.9 Å². The average Bonchev–Trinajstić information content (AvgIpc) is 2.36. The van der Waals surface area contributed by atoms with Crippen molar-refractivity contribution in [3.63, 3.8) is 0 Å². The summed E-state index contributed by atoms with van der Waals surface area (Å²) in [7, 11) is 0. The Labute approximate surface area is 120 Å². The Hall–Kier alpha value is -1.02. The normalized spacial score (nSPS) is 10.4. The highest BCUT2D eigenvalue weighted by molar-refractivity contribution is 6.42. The molecule has 0 heterocycles. The van der Waals surface area contributed by atoms with Gasteiger partial charge in [-0.05, 0) is 35.9 Å². The maximum absolute atomic E-state index is 12.0. The van der Waals surface area contributed by atoms with Crippen LogP contribution < -0.4 is 0 Å². The summed E-state index contributed by atoms with van der Waals surface area (Å²) in [6, 6.07) is 12.0. The zero-order valence-corrected chi connectivity index (χ0v) is 11.6. The van der Waals surface area contributed by atoms with Crippen molar-refractivity contribution < 1.29 is 4.79 Å². The third kappa shape index (κ3) is 3.05. The molecule has 4 heteroatoms. The lowest BCUT2D eigenvalue weighted by atomic mass is 10.0. The van der Waals surface area contributed by atoms with Gasteiger partial charge in [0.1, 0.15) is 0 Å². The molecule has 0 fully saturated rings. The van der Waals surface area contributed by atoms with Crippen LogP contribution in [0.4, 0.5) is 0 Å². The van der Waals surface area contributed by atoms with E-state index in [9.17, 15) is 4.79 Å². The molecule has 2 rings (SSSR count). The fourth-order valence-electron chi connectivity index (χ4n) is 1.60. The number of hydrogen-bond acceptors (Lipinski definition) is 1. The van der Waals surface area contributed by atoms with Crippen LogP contribution >= 0.6 is 34.8 Å². The number of benzene rings is 2. The van der Waals surface area contributed by atoms with Crippen LogP contribution in [0.15, 0.2) is 42.5 Å². The molecule has 1 nitrogen and oxygen atoms in total. The van der Waals surface area contributed by atoms with E-state index in [-0.39, 0.29) is 12.2 Å². The molecule has 0 aliphatic heterocycles. The molecule has 0 saturated heterocycles. The minimum absolute atomic E-state index is 0.0177. The predicted octanol–water partition coefficient (Wildman–Crippen LogP) is 5.07. The molecule has 18 heavy (non-hydrogen) atoms. The molecular formula is C14H9Cl3O. The summed E-state index contributed by atoms with van der Waals surface area (Å²) in [4.78, 5) is 12.0. The van der Waals surface area contributed by atoms with Crippen molar-refractivity contribution in [2.45, 2.75) is 6.42 Å². The summed E-state index contributed by atoms with van der Waals surface area (Å²) in [6.07, 6.45) is 0.223. The zero-order valence-electron chi connectivity index (χ0n) is 9.29. The molecule has 0 N–H and O–H groups in total. The third-order valence-corrected chi connectivity index (χ3v) is 3.66. The Morgan fingerprint density at radius 3 is 2.28 bits per heavy atom. The second-order valence-electron chi connectivity index (χ2n) is 3.82. The number of halogens is 3. The van der Waals surface area contributed by atoms with Crippen molar-refractivity contribution >= 4 is 40.6 Å². The first kappa shape index (κ1) is 13.4. The molecule has 0 aromatic heterocycles. The maximum atomic E-state index is 12.0. The Morgan fingerprint density at radius 1 is 0.944 bits per heavy atom. The van der Waals surface area contributed by atoms with Gasteiger partial charge >= 0.3 is 0 Å². The quantitative estimate of drug-likeness (QED) is 0.723. The van der Waals surface area contributed by atoms with Gasteiger partial charge in [0.15, 0.2) is 5.78 Å². The van der Waals surface area contributed by atoms with E-state index in [0.29, 0.717) is 20.6 Å². The van der Waals surface area contributed by atoms with Crippen molar-refractivity contribution in [1.29, 1.82) is 0 Å². The van der Waals surface area contributed by atoms with Crippen LogP contribution in [0.1, 0.15) is 15.9 Å². The summed E-state index contributed by atoms with van der Waals surface area (Å²) in [5.74, 6) is -0.0177. The molecule has 0 atom stereocenters. The second-order valence-corrected chi connectivity index (χ2v) is 5.04. The van der Waals surface area contributed by atoms with Gasteiger partial charge in [-0.25, -0.2) is 0 Å². The monoisotopic (exact) mass is 298 g/mol. The van der Waals surface area contributed by atoms with Crippen LogP contribution in [0, 0.1) is 0 Å². The summed E-state index contributed by atoms with van der Waals surface area (Å²) in [5, 5.41) is 1.49. The van der Waals surface area contributed by atoms with E-state index in [2.05, 4.69) is 0 Å². The molecule has 2 aromatic carbocycles. The average molecular weight is 300 g/mol. The van der Waals surface area contributed by atoms with Crippen LogP contribution in [0.25, 0.3) is 0 Å². The van der Waals surface area contributed by atoms with Crippen molar-refractivity contribution in [3.05, 3.63) is 68.7 Å². The minimum atomic E-state index is -0.0177. The highest BCUT2D eigenvalue weighted by Crippen LogP contribution is 2.26. The largest absolute Gasteiger partial charge is 0.294 e. The van der Waals surface area contributed by atoms with Crippen LogP contribution in [-0.4, -0.2) is 5.78 Å². The van der Waals surface area contributed by atoms with Crippen LogP contribution in [0.3, 0.4) is 0 Å². The minimum Gasteiger partial charge on any atom is -0.294 e. The van der Waals surface area contributed by atoms with Gasteiger partial charge in [-0.2, -0.15) is 0 Å². The fourth-order valence-corrected chi connectivity index (χ4v) is 2.11. The number of ketones is 1. The van der Waals surface area contributed by atoms with Crippen molar-refractivity contribution in [1.82, 2.24) is 0 Å². The van der Waals surface area contributed by atoms with E-state index in [4.69, 9.17) is 34.8 Å². The molecule has 0 spiro atoms. The van der Waals surface area contributed by atoms with Gasteiger partial charge in [-0.15, -0.1) is 0 Å². The second kappa shape index (κ2) is 5.75. The zero-order chi connectivity index (χ0) is 13.1. The summed E-state index contributed by atoms with van der Waals surface area (Å²) in [6.45, 7) is 0. The predicted molar refractivity (Wildman–Crippen MR) is 75.9 cm³/mol. The van der Waals surface area contributed by atoms with Crippen LogP contribution in [0.2, 0.25) is 15.1 Å². The summed E-state index contributed by atoms with van der Waals surface area (Å²) in [5.41, 5.74) is 1.33. The molecule has 2 aromatic rings. The summed E-state index contributed by atoms with van der Waals surface area (Å²) < 4.78 is 0. The molecule has 0 amide bonds. The molecular weight excluding hydrogens is 291 g/mol. The molecule has 0 saturated carbocycles. The highest BCUT2D eigenvalue weighted by atomic mass is 35.5. The smallest absolute Gasteiger partial charge is 0.167 e. The molecule has 0 bridgehead atoms. The topological polar surface area (TPSA) is 17.1 Å². The van der Waals surface area contributed by atoms with Crippen molar-refractivity contribution in [3.8, 4) is 0 Å². The lowest BCUT2D eigenvalue weighted by Crippen LogP contribution is -2.03. The Kier molecular flexibility index (Phi) is 4.28. The molecule has 0 aliphatic carbocycles. The van der Waals surface area contributed by atoms with Gasteiger partial charge in [0.2, 0.25) is 0 Å². The Bertz CT molecular complexity index is 576.